The molecule has 0 spiro atoms. The highest BCUT2D eigenvalue weighted by Gasteiger charge is 2.09. The SMILES string of the molecule is CC(CN)CCc1nc(-c2ccc[nH]2)no1. The van der Waals surface area contributed by atoms with Crippen LogP contribution in [0.5, 0.6) is 0 Å². The van der Waals surface area contributed by atoms with E-state index in [0.29, 0.717) is 24.2 Å². The van der Waals surface area contributed by atoms with Crippen LogP contribution in [0.4, 0.5) is 0 Å². The van der Waals surface area contributed by atoms with Gasteiger partial charge in [0.15, 0.2) is 0 Å². The van der Waals surface area contributed by atoms with Crippen LogP contribution in [0.3, 0.4) is 0 Å². The van der Waals surface area contributed by atoms with Crippen molar-refractivity contribution in [3.05, 3.63) is 24.2 Å². The van der Waals surface area contributed by atoms with Crippen molar-refractivity contribution in [1.29, 1.82) is 0 Å². The molecule has 1 atom stereocenters. The Balaban J connectivity index is 1.98. The number of aromatic amines is 1. The second-order valence-electron chi connectivity index (χ2n) is 3.98. The van der Waals surface area contributed by atoms with Crippen LogP contribution in [0.25, 0.3) is 11.5 Å². The van der Waals surface area contributed by atoms with Crippen molar-refractivity contribution in [2.75, 3.05) is 6.54 Å². The maximum atomic E-state index is 5.55. The number of H-pyrrole nitrogens is 1. The van der Waals surface area contributed by atoms with Crippen LogP contribution >= 0.6 is 0 Å². The molecular formula is C11H16N4O. The summed E-state index contributed by atoms with van der Waals surface area (Å²) in [5.74, 6) is 1.77. The first kappa shape index (κ1) is 10.9. The summed E-state index contributed by atoms with van der Waals surface area (Å²) in [5, 5.41) is 3.91. The molecule has 0 bridgehead atoms. The summed E-state index contributed by atoms with van der Waals surface area (Å²) >= 11 is 0. The van der Waals surface area contributed by atoms with E-state index >= 15 is 0 Å². The summed E-state index contributed by atoms with van der Waals surface area (Å²) in [5.41, 5.74) is 6.42. The van der Waals surface area contributed by atoms with Gasteiger partial charge in [-0.3, -0.25) is 0 Å². The molecule has 0 saturated carbocycles. The zero-order chi connectivity index (χ0) is 11.4. The van der Waals surface area contributed by atoms with Crippen LogP contribution in [0.15, 0.2) is 22.9 Å². The molecule has 0 aliphatic carbocycles. The summed E-state index contributed by atoms with van der Waals surface area (Å²) in [6.45, 7) is 2.81. The summed E-state index contributed by atoms with van der Waals surface area (Å²) in [6, 6.07) is 3.82. The summed E-state index contributed by atoms with van der Waals surface area (Å²) in [6.07, 6.45) is 3.59. The Morgan fingerprint density at radius 3 is 3.12 bits per heavy atom. The van der Waals surface area contributed by atoms with Crippen molar-refractivity contribution in [2.45, 2.75) is 19.8 Å². The Labute approximate surface area is 94.0 Å². The average molecular weight is 220 g/mol. The van der Waals surface area contributed by atoms with Crippen LogP contribution in [-0.2, 0) is 6.42 Å². The lowest BCUT2D eigenvalue weighted by Gasteiger charge is -2.03. The van der Waals surface area contributed by atoms with Gasteiger partial charge in [0, 0.05) is 12.6 Å². The third-order valence-electron chi connectivity index (χ3n) is 2.56. The van der Waals surface area contributed by atoms with E-state index in [1.807, 2.05) is 18.3 Å². The maximum Gasteiger partial charge on any atom is 0.227 e. The first-order valence-corrected chi connectivity index (χ1v) is 5.46. The average Bonchev–Trinajstić information content (AvgIpc) is 2.95. The number of aromatic nitrogens is 3. The number of hydrogen-bond donors (Lipinski definition) is 2. The fourth-order valence-electron chi connectivity index (χ4n) is 1.42. The highest BCUT2D eigenvalue weighted by Crippen LogP contribution is 2.14. The number of rotatable bonds is 5. The lowest BCUT2D eigenvalue weighted by molar-refractivity contribution is 0.366. The van der Waals surface area contributed by atoms with Crippen LogP contribution in [0, 0.1) is 5.92 Å². The van der Waals surface area contributed by atoms with E-state index in [2.05, 4.69) is 22.0 Å². The Hall–Kier alpha value is -1.62. The first-order valence-electron chi connectivity index (χ1n) is 5.46. The minimum absolute atomic E-state index is 0.487. The number of nitrogens with one attached hydrogen (secondary N) is 1. The predicted molar refractivity (Wildman–Crippen MR) is 60.6 cm³/mol. The van der Waals surface area contributed by atoms with Gasteiger partial charge in [-0.1, -0.05) is 12.1 Å². The van der Waals surface area contributed by atoms with Gasteiger partial charge in [0.25, 0.3) is 0 Å². The van der Waals surface area contributed by atoms with Crippen molar-refractivity contribution >= 4 is 0 Å². The molecule has 0 radical (unpaired) electrons. The highest BCUT2D eigenvalue weighted by atomic mass is 16.5. The molecule has 0 aromatic carbocycles. The molecule has 2 aromatic rings. The van der Waals surface area contributed by atoms with Crippen LogP contribution < -0.4 is 5.73 Å². The fourth-order valence-corrected chi connectivity index (χ4v) is 1.42. The topological polar surface area (TPSA) is 80.7 Å². The standard InChI is InChI=1S/C11H16N4O/c1-8(7-12)4-5-10-14-11(15-16-10)9-3-2-6-13-9/h2-3,6,8,13H,4-5,7,12H2,1H3. The van der Waals surface area contributed by atoms with Gasteiger partial charge in [-0.25, -0.2) is 0 Å². The number of nitrogens with zero attached hydrogens (tertiary/aromatic N) is 2. The fraction of sp³-hybridized carbons (Fsp3) is 0.455. The largest absolute Gasteiger partial charge is 0.359 e. The molecule has 2 rings (SSSR count). The molecule has 0 amide bonds. The normalized spacial score (nSPS) is 12.9. The van der Waals surface area contributed by atoms with E-state index in [4.69, 9.17) is 10.3 Å². The molecule has 2 aromatic heterocycles. The van der Waals surface area contributed by atoms with Gasteiger partial charge in [0.05, 0.1) is 5.69 Å². The zero-order valence-corrected chi connectivity index (χ0v) is 9.31. The molecule has 0 fully saturated rings. The first-order chi connectivity index (χ1) is 7.79. The Kier molecular flexibility index (Phi) is 3.36. The molecule has 0 aliphatic rings. The van der Waals surface area contributed by atoms with Gasteiger partial charge in [-0.05, 0) is 31.0 Å². The third-order valence-corrected chi connectivity index (χ3v) is 2.56. The van der Waals surface area contributed by atoms with E-state index < -0.39 is 0 Å². The molecule has 0 aliphatic heterocycles. The minimum atomic E-state index is 0.487. The van der Waals surface area contributed by atoms with Crippen molar-refractivity contribution in [2.24, 2.45) is 11.7 Å². The second-order valence-corrected chi connectivity index (χ2v) is 3.98. The molecule has 1 unspecified atom stereocenters. The van der Waals surface area contributed by atoms with E-state index in [9.17, 15) is 0 Å². The number of hydrogen-bond acceptors (Lipinski definition) is 4. The van der Waals surface area contributed by atoms with Crippen molar-refractivity contribution in [1.82, 2.24) is 15.1 Å². The molecule has 86 valence electrons. The highest BCUT2D eigenvalue weighted by molar-refractivity contribution is 5.47. The van der Waals surface area contributed by atoms with Gasteiger partial charge >= 0.3 is 0 Å². The Morgan fingerprint density at radius 2 is 2.44 bits per heavy atom. The second kappa shape index (κ2) is 4.94. The Morgan fingerprint density at radius 1 is 1.56 bits per heavy atom. The zero-order valence-electron chi connectivity index (χ0n) is 9.31. The Bertz CT molecular complexity index is 421. The van der Waals surface area contributed by atoms with Crippen molar-refractivity contribution in [3.8, 4) is 11.5 Å². The van der Waals surface area contributed by atoms with Gasteiger partial charge < -0.3 is 15.2 Å². The summed E-state index contributed by atoms with van der Waals surface area (Å²) in [7, 11) is 0. The lowest BCUT2D eigenvalue weighted by atomic mass is 10.1. The number of nitrogens with two attached hydrogens (primary N) is 1. The van der Waals surface area contributed by atoms with Gasteiger partial charge in [0.2, 0.25) is 11.7 Å². The molecular weight excluding hydrogens is 204 g/mol. The van der Waals surface area contributed by atoms with Crippen LogP contribution in [0.2, 0.25) is 0 Å². The maximum absolute atomic E-state index is 5.55. The lowest BCUT2D eigenvalue weighted by Crippen LogP contribution is -2.11. The third kappa shape index (κ3) is 2.49. The molecule has 2 heterocycles. The molecule has 3 N–H and O–H groups in total. The van der Waals surface area contributed by atoms with E-state index in [1.165, 1.54) is 0 Å². The molecule has 5 heteroatoms. The molecule has 0 saturated heterocycles. The van der Waals surface area contributed by atoms with Crippen LogP contribution in [-0.4, -0.2) is 21.7 Å². The predicted octanol–water partition coefficient (Wildman–Crippen LogP) is 1.59. The van der Waals surface area contributed by atoms with E-state index in [0.717, 1.165) is 18.5 Å². The minimum Gasteiger partial charge on any atom is -0.359 e. The summed E-state index contributed by atoms with van der Waals surface area (Å²) in [4.78, 5) is 7.35. The van der Waals surface area contributed by atoms with Crippen LogP contribution in [0.1, 0.15) is 19.2 Å². The molecule has 16 heavy (non-hydrogen) atoms. The summed E-state index contributed by atoms with van der Waals surface area (Å²) < 4.78 is 5.16. The monoisotopic (exact) mass is 220 g/mol. The smallest absolute Gasteiger partial charge is 0.227 e. The number of aryl methyl sites for hydroxylation is 1. The van der Waals surface area contributed by atoms with Crippen molar-refractivity contribution in [3.63, 3.8) is 0 Å². The van der Waals surface area contributed by atoms with Gasteiger partial charge in [0.1, 0.15) is 0 Å². The van der Waals surface area contributed by atoms with E-state index in [1.54, 1.807) is 0 Å². The van der Waals surface area contributed by atoms with Crippen molar-refractivity contribution < 1.29 is 4.52 Å². The van der Waals surface area contributed by atoms with Gasteiger partial charge in [-0.15, -0.1) is 0 Å². The van der Waals surface area contributed by atoms with E-state index in [-0.39, 0.29) is 0 Å². The molecule has 5 nitrogen and oxygen atoms in total. The quantitative estimate of drug-likeness (QED) is 0.801. The van der Waals surface area contributed by atoms with Gasteiger partial charge in [-0.2, -0.15) is 4.98 Å².